The van der Waals surface area contributed by atoms with Gasteiger partial charge in [-0.3, -0.25) is 4.65 Å². The minimum absolute atomic E-state index is 0.117. The Hall–Kier alpha value is -0.900. The Kier molecular flexibility index (Phi) is 8.37. The average Bonchev–Trinajstić information content (AvgIpc) is 3.32. The van der Waals surface area contributed by atoms with Gasteiger partial charge in [-0.2, -0.15) is 0 Å². The highest BCUT2D eigenvalue weighted by molar-refractivity contribution is 7.15. The third-order valence-corrected chi connectivity index (χ3v) is 6.78. The van der Waals surface area contributed by atoms with Crippen molar-refractivity contribution in [2.75, 3.05) is 46.1 Å². The van der Waals surface area contributed by atoms with Crippen LogP contribution < -0.4 is 4.65 Å². The predicted molar refractivity (Wildman–Crippen MR) is 115 cm³/mol. The van der Waals surface area contributed by atoms with Crippen LogP contribution in [0.2, 0.25) is 0 Å². The summed E-state index contributed by atoms with van der Waals surface area (Å²) in [6, 6.07) is 0. The van der Waals surface area contributed by atoms with Gasteiger partial charge in [-0.1, -0.05) is 37.4 Å². The number of rotatable bonds is 11. The molecule has 0 amide bonds. The molecule has 1 aromatic heterocycles. The van der Waals surface area contributed by atoms with Gasteiger partial charge in [-0.05, 0) is 30.6 Å². The molecule has 0 aliphatic carbocycles. The highest BCUT2D eigenvalue weighted by Gasteiger charge is 2.47. The molecule has 2 aliphatic rings. The van der Waals surface area contributed by atoms with E-state index in [0.717, 1.165) is 56.9 Å². The zero-order valence-electron chi connectivity index (χ0n) is 17.2. The molecular weight excluding hydrogens is 374 g/mol. The molecule has 3 rings (SSSR count). The van der Waals surface area contributed by atoms with Gasteiger partial charge in [-0.15, -0.1) is 11.7 Å². The first-order valence-electron chi connectivity index (χ1n) is 10.7. The zero-order chi connectivity index (χ0) is 19.8. The maximum atomic E-state index is 14.1. The standard InChI is InChI=1S/C20H35N5O2S/c1-3-5-7-8-10-18-21-22-20(28-18)25(26)17-23(11-9-6-4-2)16-19(25)24-12-14-27-15-13-24/h4,19H,2-3,5-17H2,1H3. The molecule has 28 heavy (non-hydrogen) atoms. The van der Waals surface area contributed by atoms with Crippen LogP contribution in [0.5, 0.6) is 0 Å². The summed E-state index contributed by atoms with van der Waals surface area (Å²) in [6.07, 6.45) is 9.62. The van der Waals surface area contributed by atoms with Gasteiger partial charge in [0.2, 0.25) is 0 Å². The van der Waals surface area contributed by atoms with E-state index >= 15 is 0 Å². The van der Waals surface area contributed by atoms with Crippen molar-refractivity contribution in [2.24, 2.45) is 0 Å². The molecule has 2 atom stereocenters. The van der Waals surface area contributed by atoms with Gasteiger partial charge >= 0.3 is 5.13 Å². The number of ether oxygens (including phenoxy) is 1. The first kappa shape index (κ1) is 21.8. The summed E-state index contributed by atoms with van der Waals surface area (Å²) in [5.41, 5.74) is 0. The van der Waals surface area contributed by atoms with Gasteiger partial charge in [0.25, 0.3) is 0 Å². The number of aryl methyl sites for hydroxylation is 1. The maximum Gasteiger partial charge on any atom is 0.309 e. The number of hydrogen-bond acceptors (Lipinski definition) is 7. The highest BCUT2D eigenvalue weighted by Crippen LogP contribution is 2.35. The summed E-state index contributed by atoms with van der Waals surface area (Å²) in [6.45, 7) is 11.2. The van der Waals surface area contributed by atoms with Crippen molar-refractivity contribution in [2.45, 2.75) is 58.0 Å². The molecular formula is C20H35N5O2S. The second-order valence-corrected chi connectivity index (χ2v) is 8.90. The van der Waals surface area contributed by atoms with E-state index in [1.54, 1.807) is 0 Å². The minimum atomic E-state index is -0.388. The molecule has 0 spiro atoms. The number of aromatic nitrogens is 2. The van der Waals surface area contributed by atoms with Crippen LogP contribution in [0.15, 0.2) is 12.7 Å². The number of unbranched alkanes of at least 4 members (excludes halogenated alkanes) is 4. The number of nitrogens with zero attached hydrogens (tertiary/aromatic N) is 5. The second-order valence-electron chi connectivity index (χ2n) is 7.86. The van der Waals surface area contributed by atoms with E-state index < -0.39 is 0 Å². The molecule has 2 aliphatic heterocycles. The number of hydrogen-bond donors (Lipinski definition) is 0. The van der Waals surface area contributed by atoms with E-state index in [-0.39, 0.29) is 10.8 Å². The Morgan fingerprint density at radius 1 is 1.25 bits per heavy atom. The first-order chi connectivity index (χ1) is 13.7. The molecule has 8 heteroatoms. The van der Waals surface area contributed by atoms with Crippen molar-refractivity contribution in [1.82, 2.24) is 24.6 Å². The molecule has 0 radical (unpaired) electrons. The molecule has 158 valence electrons. The lowest BCUT2D eigenvalue weighted by Gasteiger charge is -2.45. The molecule has 2 saturated heterocycles. The van der Waals surface area contributed by atoms with E-state index in [0.29, 0.717) is 25.0 Å². The van der Waals surface area contributed by atoms with E-state index in [1.165, 1.54) is 30.6 Å². The van der Waals surface area contributed by atoms with Gasteiger partial charge in [0.05, 0.1) is 19.8 Å². The van der Waals surface area contributed by atoms with Crippen LogP contribution in [-0.4, -0.2) is 72.2 Å². The van der Waals surface area contributed by atoms with Gasteiger partial charge in [0.1, 0.15) is 11.7 Å². The normalized spacial score (nSPS) is 26.7. The van der Waals surface area contributed by atoms with Crippen LogP contribution in [0, 0.1) is 5.21 Å². The van der Waals surface area contributed by atoms with E-state index in [4.69, 9.17) is 4.74 Å². The third kappa shape index (κ3) is 5.37. The smallest absolute Gasteiger partial charge is 0.309 e. The molecule has 2 fully saturated rings. The Morgan fingerprint density at radius 3 is 2.82 bits per heavy atom. The Bertz CT molecular complexity index is 607. The summed E-state index contributed by atoms with van der Waals surface area (Å²) in [5.74, 6) is 0. The van der Waals surface area contributed by atoms with Crippen LogP contribution in [0.3, 0.4) is 0 Å². The van der Waals surface area contributed by atoms with Crippen molar-refractivity contribution in [3.63, 3.8) is 0 Å². The van der Waals surface area contributed by atoms with Crippen LogP contribution in [-0.2, 0) is 11.2 Å². The quantitative estimate of drug-likeness (QED) is 0.242. The van der Waals surface area contributed by atoms with Crippen LogP contribution >= 0.6 is 11.3 Å². The predicted octanol–water partition coefficient (Wildman–Crippen LogP) is 3.36. The fraction of sp³-hybridized carbons (Fsp3) is 0.800. The molecule has 2 unspecified atom stereocenters. The van der Waals surface area contributed by atoms with Gasteiger partial charge < -0.3 is 9.94 Å². The van der Waals surface area contributed by atoms with E-state index in [1.807, 2.05) is 6.08 Å². The largest absolute Gasteiger partial charge is 0.623 e. The number of hydroxylamine groups is 2. The molecule has 3 heterocycles. The second kappa shape index (κ2) is 10.8. The summed E-state index contributed by atoms with van der Waals surface area (Å²) < 4.78 is 5.12. The van der Waals surface area contributed by atoms with Crippen LogP contribution in [0.25, 0.3) is 0 Å². The molecule has 7 nitrogen and oxygen atoms in total. The van der Waals surface area contributed by atoms with E-state index in [2.05, 4.69) is 33.5 Å². The third-order valence-electron chi connectivity index (χ3n) is 5.69. The summed E-state index contributed by atoms with van der Waals surface area (Å²) in [7, 11) is 0. The molecule has 1 aromatic rings. The maximum absolute atomic E-state index is 14.1. The van der Waals surface area contributed by atoms with E-state index in [9.17, 15) is 5.21 Å². The molecule has 0 bridgehead atoms. The van der Waals surface area contributed by atoms with Crippen molar-refractivity contribution < 1.29 is 4.74 Å². The number of morpholine rings is 1. The Morgan fingerprint density at radius 2 is 2.07 bits per heavy atom. The van der Waals surface area contributed by atoms with Gasteiger partial charge in [-0.25, -0.2) is 9.80 Å². The van der Waals surface area contributed by atoms with Gasteiger partial charge in [0.15, 0.2) is 6.17 Å². The van der Waals surface area contributed by atoms with Crippen molar-refractivity contribution in [3.8, 4) is 0 Å². The Labute approximate surface area is 173 Å². The fourth-order valence-electron chi connectivity index (χ4n) is 4.08. The Balaban J connectivity index is 1.70. The first-order valence-corrected chi connectivity index (χ1v) is 11.6. The lowest BCUT2D eigenvalue weighted by atomic mass is 10.2. The van der Waals surface area contributed by atoms with Gasteiger partial charge in [0, 0.05) is 26.1 Å². The van der Waals surface area contributed by atoms with Crippen LogP contribution in [0.1, 0.15) is 50.5 Å². The van der Waals surface area contributed by atoms with Crippen molar-refractivity contribution >= 4 is 16.5 Å². The van der Waals surface area contributed by atoms with Crippen molar-refractivity contribution in [1.29, 1.82) is 0 Å². The average molecular weight is 410 g/mol. The van der Waals surface area contributed by atoms with Crippen molar-refractivity contribution in [3.05, 3.63) is 22.9 Å². The monoisotopic (exact) mass is 409 g/mol. The fourth-order valence-corrected chi connectivity index (χ4v) is 5.03. The lowest BCUT2D eigenvalue weighted by molar-refractivity contribution is -0.00417. The summed E-state index contributed by atoms with van der Waals surface area (Å²) >= 11 is 1.52. The summed E-state index contributed by atoms with van der Waals surface area (Å²) in [5, 5.41) is 24.4. The molecule has 0 N–H and O–H groups in total. The lowest BCUT2D eigenvalue weighted by Crippen LogP contribution is -2.59. The summed E-state index contributed by atoms with van der Waals surface area (Å²) in [4.78, 5) is 4.59. The molecule has 0 aromatic carbocycles. The highest BCUT2D eigenvalue weighted by atomic mass is 32.1. The zero-order valence-corrected chi connectivity index (χ0v) is 18.0. The minimum Gasteiger partial charge on any atom is -0.623 e. The SMILES string of the molecule is C=CCCCN1CC(N2CCOCC2)[N+]([O-])(c2nnc(CCCCCC)s2)C1. The van der Waals surface area contributed by atoms with Crippen LogP contribution in [0.4, 0.5) is 5.13 Å². The topological polar surface area (TPSA) is 64.5 Å². The number of allylic oxidation sites excluding steroid dienone is 1. The molecule has 0 saturated carbocycles. The number of quaternary nitrogens is 1.